The molecule has 3 heterocycles. The van der Waals surface area contributed by atoms with E-state index in [9.17, 15) is 14.0 Å². The van der Waals surface area contributed by atoms with E-state index in [1.165, 1.54) is 24.1 Å². The summed E-state index contributed by atoms with van der Waals surface area (Å²) in [5, 5.41) is 2.49. The Kier molecular flexibility index (Phi) is 5.31. The maximum atomic E-state index is 13.2. The smallest absolute Gasteiger partial charge is 0.412 e. The zero-order valence-electron chi connectivity index (χ0n) is 16.7. The average molecular weight is 419 g/mol. The number of carbonyl (C=O) groups excluding carboxylic acids is 2. The van der Waals surface area contributed by atoms with E-state index in [-0.39, 0.29) is 11.7 Å². The number of hydrogen-bond donors (Lipinski definition) is 1. The third-order valence-electron chi connectivity index (χ3n) is 4.75. The van der Waals surface area contributed by atoms with Crippen LogP contribution in [0.5, 0.6) is 0 Å². The maximum absolute atomic E-state index is 13.2. The van der Waals surface area contributed by atoms with Gasteiger partial charge in [-0.25, -0.2) is 19.2 Å². The molecule has 9 heteroatoms. The molecule has 1 N–H and O–H groups in total. The number of methoxy groups -OCH3 is 1. The molecule has 0 atom stereocenters. The average Bonchev–Trinajstić information content (AvgIpc) is 3.22. The van der Waals surface area contributed by atoms with Gasteiger partial charge in [0.25, 0.3) is 5.91 Å². The standard InChI is InChI=1S/C22H18FN5O3/c1-27(17-7-5-16(23)6-8-17)21(29)15-4-10-20-25-12-18(28(20)13-15)14-3-9-19(24-11-14)26-22(30)31-2/h3-13H,1-2H3,(H,24,26,30). The molecule has 0 saturated carbocycles. The van der Waals surface area contributed by atoms with Gasteiger partial charge in [-0.05, 0) is 48.5 Å². The summed E-state index contributed by atoms with van der Waals surface area (Å²) in [5.74, 6) is -0.263. The van der Waals surface area contributed by atoms with Gasteiger partial charge in [0.2, 0.25) is 0 Å². The lowest BCUT2D eigenvalue weighted by Gasteiger charge is -2.17. The Morgan fingerprint density at radius 3 is 2.48 bits per heavy atom. The van der Waals surface area contributed by atoms with E-state index < -0.39 is 6.09 Å². The summed E-state index contributed by atoms with van der Waals surface area (Å²) in [7, 11) is 2.90. The molecule has 8 nitrogen and oxygen atoms in total. The molecule has 3 aromatic heterocycles. The lowest BCUT2D eigenvalue weighted by atomic mass is 10.2. The first-order chi connectivity index (χ1) is 15.0. The van der Waals surface area contributed by atoms with Crippen LogP contribution in [0.3, 0.4) is 0 Å². The molecule has 4 rings (SSSR count). The van der Waals surface area contributed by atoms with E-state index in [1.54, 1.807) is 66.4 Å². The topological polar surface area (TPSA) is 88.8 Å². The van der Waals surface area contributed by atoms with Crippen LogP contribution in [0.15, 0.2) is 67.1 Å². The van der Waals surface area contributed by atoms with E-state index in [2.05, 4.69) is 20.0 Å². The Labute approximate surface area is 176 Å². The van der Waals surface area contributed by atoms with Crippen molar-refractivity contribution in [2.45, 2.75) is 0 Å². The molecule has 0 aliphatic heterocycles. The molecular weight excluding hydrogens is 401 g/mol. The molecule has 156 valence electrons. The van der Waals surface area contributed by atoms with Crippen LogP contribution in [0.2, 0.25) is 0 Å². The number of nitrogens with one attached hydrogen (secondary N) is 1. The highest BCUT2D eigenvalue weighted by Crippen LogP contribution is 2.23. The Hall–Kier alpha value is -4.27. The van der Waals surface area contributed by atoms with Gasteiger partial charge in [-0.15, -0.1) is 0 Å². The Morgan fingerprint density at radius 2 is 1.81 bits per heavy atom. The zero-order chi connectivity index (χ0) is 22.0. The van der Waals surface area contributed by atoms with E-state index >= 15 is 0 Å². The maximum Gasteiger partial charge on any atom is 0.412 e. The van der Waals surface area contributed by atoms with Gasteiger partial charge < -0.3 is 9.64 Å². The van der Waals surface area contributed by atoms with E-state index in [0.717, 1.165) is 11.3 Å². The number of anilines is 2. The SMILES string of the molecule is COC(=O)Nc1ccc(-c2cnc3ccc(C(=O)N(C)c4ccc(F)cc4)cn23)cn1. The molecule has 2 amide bonds. The molecule has 0 spiro atoms. The number of halogens is 1. The first-order valence-electron chi connectivity index (χ1n) is 9.28. The van der Waals surface area contributed by atoms with E-state index in [0.29, 0.717) is 22.7 Å². The molecule has 4 aromatic rings. The number of pyridine rings is 2. The largest absolute Gasteiger partial charge is 0.453 e. The van der Waals surface area contributed by atoms with Gasteiger partial charge in [-0.2, -0.15) is 0 Å². The minimum Gasteiger partial charge on any atom is -0.453 e. The predicted molar refractivity (Wildman–Crippen MR) is 114 cm³/mol. The molecule has 1 aromatic carbocycles. The van der Waals surface area contributed by atoms with Gasteiger partial charge in [0, 0.05) is 30.7 Å². The van der Waals surface area contributed by atoms with Crippen molar-refractivity contribution in [1.82, 2.24) is 14.4 Å². The minimum atomic E-state index is -0.608. The highest BCUT2D eigenvalue weighted by Gasteiger charge is 2.16. The number of amides is 2. The first-order valence-corrected chi connectivity index (χ1v) is 9.28. The van der Waals surface area contributed by atoms with Crippen molar-refractivity contribution in [1.29, 1.82) is 0 Å². The fourth-order valence-electron chi connectivity index (χ4n) is 3.07. The Bertz CT molecular complexity index is 1250. The summed E-state index contributed by atoms with van der Waals surface area (Å²) in [6, 6.07) is 12.6. The van der Waals surface area contributed by atoms with Crippen LogP contribution in [-0.4, -0.2) is 40.5 Å². The molecule has 0 aliphatic carbocycles. The predicted octanol–water partition coefficient (Wildman–Crippen LogP) is 3.99. The van der Waals surface area contributed by atoms with Crippen LogP contribution in [0.25, 0.3) is 16.9 Å². The summed E-state index contributed by atoms with van der Waals surface area (Å²) < 4.78 is 19.5. The highest BCUT2D eigenvalue weighted by molar-refractivity contribution is 6.05. The van der Waals surface area contributed by atoms with Crippen LogP contribution in [0, 0.1) is 5.82 Å². The monoisotopic (exact) mass is 419 g/mol. The zero-order valence-corrected chi connectivity index (χ0v) is 16.7. The van der Waals surface area contributed by atoms with Crippen LogP contribution >= 0.6 is 0 Å². The van der Waals surface area contributed by atoms with Crippen LogP contribution in [0.4, 0.5) is 20.7 Å². The molecule has 0 unspecified atom stereocenters. The number of hydrogen-bond acceptors (Lipinski definition) is 5. The van der Waals surface area contributed by atoms with Crippen molar-refractivity contribution in [2.75, 3.05) is 24.4 Å². The second kappa shape index (κ2) is 8.23. The molecule has 31 heavy (non-hydrogen) atoms. The number of rotatable bonds is 4. The van der Waals surface area contributed by atoms with Crippen molar-refractivity contribution in [2.24, 2.45) is 0 Å². The molecule has 0 radical (unpaired) electrons. The van der Waals surface area contributed by atoms with Gasteiger partial charge in [0.15, 0.2) is 0 Å². The van der Waals surface area contributed by atoms with Gasteiger partial charge in [-0.1, -0.05) is 0 Å². The lowest BCUT2D eigenvalue weighted by molar-refractivity contribution is 0.0992. The quantitative estimate of drug-likeness (QED) is 0.540. The van der Waals surface area contributed by atoms with Crippen molar-refractivity contribution >= 4 is 29.2 Å². The number of aromatic nitrogens is 3. The van der Waals surface area contributed by atoms with Crippen LogP contribution < -0.4 is 10.2 Å². The second-order valence-electron chi connectivity index (χ2n) is 6.68. The Balaban J connectivity index is 1.64. The number of fused-ring (bicyclic) bond motifs is 1. The van der Waals surface area contributed by atoms with Gasteiger partial charge in [0.05, 0.1) is 24.6 Å². The highest BCUT2D eigenvalue weighted by atomic mass is 19.1. The summed E-state index contributed by atoms with van der Waals surface area (Å²) in [5.41, 5.74) is 3.16. The number of nitrogens with zero attached hydrogens (tertiary/aromatic N) is 4. The fourth-order valence-corrected chi connectivity index (χ4v) is 3.07. The molecule has 0 fully saturated rings. The number of benzene rings is 1. The molecular formula is C22H18FN5O3. The van der Waals surface area contributed by atoms with Crippen molar-refractivity contribution in [3.05, 3.63) is 78.5 Å². The third kappa shape index (κ3) is 4.06. The summed E-state index contributed by atoms with van der Waals surface area (Å²) in [6.07, 6.45) is 4.36. The van der Waals surface area contributed by atoms with Gasteiger partial charge >= 0.3 is 6.09 Å². The van der Waals surface area contributed by atoms with E-state index in [1.807, 2.05) is 0 Å². The van der Waals surface area contributed by atoms with Gasteiger partial charge in [0.1, 0.15) is 17.3 Å². The number of carbonyl (C=O) groups is 2. The van der Waals surface area contributed by atoms with Crippen LogP contribution in [-0.2, 0) is 4.74 Å². The van der Waals surface area contributed by atoms with E-state index in [4.69, 9.17) is 0 Å². The number of ether oxygens (including phenoxy) is 1. The van der Waals surface area contributed by atoms with Crippen molar-refractivity contribution in [3.8, 4) is 11.3 Å². The van der Waals surface area contributed by atoms with Gasteiger partial charge in [-0.3, -0.25) is 14.5 Å². The molecule has 0 saturated heterocycles. The first kappa shape index (κ1) is 20.0. The third-order valence-corrected chi connectivity index (χ3v) is 4.75. The molecule has 0 bridgehead atoms. The molecule has 0 aliphatic rings. The minimum absolute atomic E-state index is 0.246. The fraction of sp³-hybridized carbons (Fsp3) is 0.0909. The van der Waals surface area contributed by atoms with Crippen molar-refractivity contribution in [3.63, 3.8) is 0 Å². The summed E-state index contributed by atoms with van der Waals surface area (Å²) in [6.45, 7) is 0. The summed E-state index contributed by atoms with van der Waals surface area (Å²) in [4.78, 5) is 34.3. The normalized spacial score (nSPS) is 10.7. The van der Waals surface area contributed by atoms with Crippen LogP contribution in [0.1, 0.15) is 10.4 Å². The lowest BCUT2D eigenvalue weighted by Crippen LogP contribution is -2.26. The van der Waals surface area contributed by atoms with Crippen molar-refractivity contribution < 1.29 is 18.7 Å². The number of imidazole rings is 1. The Morgan fingerprint density at radius 1 is 1.03 bits per heavy atom. The summed E-state index contributed by atoms with van der Waals surface area (Å²) >= 11 is 0. The second-order valence-corrected chi connectivity index (χ2v) is 6.68.